The second kappa shape index (κ2) is 6.87. The van der Waals surface area contributed by atoms with Crippen molar-refractivity contribution in [2.45, 2.75) is 26.4 Å². The molecule has 3 rings (SSSR count). The van der Waals surface area contributed by atoms with E-state index < -0.39 is 18.0 Å². The first-order valence-corrected chi connectivity index (χ1v) is 7.87. The Kier molecular flexibility index (Phi) is 4.62. The highest BCUT2D eigenvalue weighted by atomic mass is 16.5. The molecule has 1 N–H and O–H groups in total. The molecule has 7 nitrogen and oxygen atoms in total. The normalized spacial score (nSPS) is 15.6. The number of fused-ring (bicyclic) bond motifs is 1. The Hall–Kier alpha value is -3.35. The quantitative estimate of drug-likeness (QED) is 0.667. The second-order valence-corrected chi connectivity index (χ2v) is 5.81. The van der Waals surface area contributed by atoms with Gasteiger partial charge in [0.2, 0.25) is 0 Å². The van der Waals surface area contributed by atoms with Crippen molar-refractivity contribution < 1.29 is 33.7 Å². The van der Waals surface area contributed by atoms with Gasteiger partial charge in [0.15, 0.2) is 5.78 Å². The summed E-state index contributed by atoms with van der Waals surface area (Å²) in [6.45, 7) is 2.51. The van der Waals surface area contributed by atoms with Crippen LogP contribution >= 0.6 is 0 Å². The Bertz CT molecular complexity index is 884. The van der Waals surface area contributed by atoms with E-state index in [1.54, 1.807) is 24.3 Å². The van der Waals surface area contributed by atoms with Crippen molar-refractivity contribution in [3.63, 3.8) is 0 Å². The maximum atomic E-state index is 12.6. The third kappa shape index (κ3) is 3.66. The molecule has 1 aliphatic rings. The van der Waals surface area contributed by atoms with Gasteiger partial charge in [-0.05, 0) is 17.7 Å². The Morgan fingerprint density at radius 1 is 1.08 bits per heavy atom. The Labute approximate surface area is 149 Å². The molecule has 2 aromatic carbocycles. The van der Waals surface area contributed by atoms with Gasteiger partial charge < -0.3 is 19.3 Å². The highest BCUT2D eigenvalue weighted by Gasteiger charge is 2.31. The number of carbonyl (C=O) groups excluding carboxylic acids is 3. The smallest absolute Gasteiger partial charge is 0.308 e. The zero-order valence-corrected chi connectivity index (χ0v) is 14.1. The van der Waals surface area contributed by atoms with Crippen LogP contribution in [0.5, 0.6) is 23.0 Å². The largest absolute Gasteiger partial charge is 0.508 e. The van der Waals surface area contributed by atoms with Crippen molar-refractivity contribution in [3.8, 4) is 23.0 Å². The van der Waals surface area contributed by atoms with Gasteiger partial charge in [-0.1, -0.05) is 12.1 Å². The number of phenolic OH excluding ortho intramolecular Hbond substituents is 1. The predicted octanol–water partition coefficient (Wildman–Crippen LogP) is 2.95. The van der Waals surface area contributed by atoms with Crippen LogP contribution in [-0.2, 0) is 9.59 Å². The SMILES string of the molecule is CC(=O)Oc1ccc([C@H]2CC(=O)c3c(OC(C)=O)cc(O)cc3O2)cc1. The van der Waals surface area contributed by atoms with E-state index in [9.17, 15) is 19.5 Å². The van der Waals surface area contributed by atoms with Crippen molar-refractivity contribution in [2.75, 3.05) is 0 Å². The van der Waals surface area contributed by atoms with E-state index in [1.165, 1.54) is 26.0 Å². The monoisotopic (exact) mass is 356 g/mol. The first-order valence-electron chi connectivity index (χ1n) is 7.87. The lowest BCUT2D eigenvalue weighted by atomic mass is 9.95. The molecule has 0 amide bonds. The summed E-state index contributed by atoms with van der Waals surface area (Å²) in [6.07, 6.45) is -0.535. The summed E-state index contributed by atoms with van der Waals surface area (Å²) in [5.41, 5.74) is 0.836. The molecular weight excluding hydrogens is 340 g/mol. The van der Waals surface area contributed by atoms with Crippen LogP contribution in [0.2, 0.25) is 0 Å². The number of rotatable bonds is 3. The van der Waals surface area contributed by atoms with Gasteiger partial charge in [-0.25, -0.2) is 0 Å². The maximum absolute atomic E-state index is 12.6. The van der Waals surface area contributed by atoms with Crippen LogP contribution in [0, 0.1) is 0 Å². The van der Waals surface area contributed by atoms with Crippen molar-refractivity contribution in [1.82, 2.24) is 0 Å². The molecule has 7 heteroatoms. The van der Waals surface area contributed by atoms with Crippen molar-refractivity contribution in [1.29, 1.82) is 0 Å². The van der Waals surface area contributed by atoms with Gasteiger partial charge in [0.25, 0.3) is 0 Å². The Morgan fingerprint density at radius 3 is 2.35 bits per heavy atom. The first kappa shape index (κ1) is 17.5. The molecule has 1 atom stereocenters. The molecule has 0 bridgehead atoms. The molecule has 0 spiro atoms. The van der Waals surface area contributed by atoms with Crippen molar-refractivity contribution in [3.05, 3.63) is 47.5 Å². The van der Waals surface area contributed by atoms with Gasteiger partial charge >= 0.3 is 11.9 Å². The van der Waals surface area contributed by atoms with Gasteiger partial charge in [0.05, 0.1) is 6.42 Å². The molecule has 0 aliphatic carbocycles. The molecular formula is C19H16O7. The molecule has 26 heavy (non-hydrogen) atoms. The lowest BCUT2D eigenvalue weighted by molar-refractivity contribution is -0.132. The lowest BCUT2D eigenvalue weighted by Gasteiger charge is -2.26. The van der Waals surface area contributed by atoms with Crippen molar-refractivity contribution in [2.24, 2.45) is 0 Å². The summed E-state index contributed by atoms with van der Waals surface area (Å²) in [5, 5.41) is 9.81. The number of Topliss-reactive ketones (excluding diaryl/α,β-unsaturated/α-hetero) is 1. The minimum absolute atomic E-state index is 0.0267. The predicted molar refractivity (Wildman–Crippen MR) is 89.5 cm³/mol. The topological polar surface area (TPSA) is 99.1 Å². The number of aromatic hydroxyl groups is 1. The molecule has 1 aliphatic heterocycles. The van der Waals surface area contributed by atoms with Crippen LogP contribution in [0.25, 0.3) is 0 Å². The van der Waals surface area contributed by atoms with E-state index in [0.29, 0.717) is 11.3 Å². The van der Waals surface area contributed by atoms with Gasteiger partial charge in [-0.15, -0.1) is 0 Å². The third-order valence-electron chi connectivity index (χ3n) is 3.74. The van der Waals surface area contributed by atoms with Gasteiger partial charge in [-0.3, -0.25) is 14.4 Å². The first-order chi connectivity index (χ1) is 12.3. The molecule has 1 heterocycles. The van der Waals surface area contributed by atoms with E-state index in [0.717, 1.165) is 0 Å². The fourth-order valence-electron chi connectivity index (χ4n) is 2.75. The van der Waals surface area contributed by atoms with Gasteiger partial charge in [0.1, 0.15) is 34.7 Å². The maximum Gasteiger partial charge on any atom is 0.308 e. The minimum atomic E-state index is -0.603. The zero-order valence-electron chi connectivity index (χ0n) is 14.1. The number of hydrogen-bond donors (Lipinski definition) is 1. The summed E-state index contributed by atoms with van der Waals surface area (Å²) < 4.78 is 15.8. The number of esters is 2. The van der Waals surface area contributed by atoms with Crippen LogP contribution in [0.1, 0.15) is 42.3 Å². The molecule has 0 saturated carbocycles. The van der Waals surface area contributed by atoms with E-state index in [-0.39, 0.29) is 35.0 Å². The molecule has 0 fully saturated rings. The fourth-order valence-corrected chi connectivity index (χ4v) is 2.75. The van der Waals surface area contributed by atoms with Gasteiger partial charge in [0, 0.05) is 26.0 Å². The number of hydrogen-bond acceptors (Lipinski definition) is 7. The zero-order chi connectivity index (χ0) is 18.8. The van der Waals surface area contributed by atoms with Crippen LogP contribution in [0.4, 0.5) is 0 Å². The number of phenols is 1. The van der Waals surface area contributed by atoms with Crippen LogP contribution < -0.4 is 14.2 Å². The molecule has 0 radical (unpaired) electrons. The Balaban J connectivity index is 1.90. The Morgan fingerprint density at radius 2 is 1.73 bits per heavy atom. The summed E-state index contributed by atoms with van der Waals surface area (Å²) in [4.78, 5) is 34.8. The number of ether oxygens (including phenoxy) is 3. The summed E-state index contributed by atoms with van der Waals surface area (Å²) in [5.74, 6) is -0.973. The minimum Gasteiger partial charge on any atom is -0.508 e. The molecule has 0 aromatic heterocycles. The molecule has 2 aromatic rings. The summed E-state index contributed by atoms with van der Waals surface area (Å²) >= 11 is 0. The van der Waals surface area contributed by atoms with E-state index >= 15 is 0 Å². The highest BCUT2D eigenvalue weighted by Crippen LogP contribution is 2.42. The van der Waals surface area contributed by atoms with Crippen LogP contribution in [0.3, 0.4) is 0 Å². The average Bonchev–Trinajstić information content (AvgIpc) is 2.53. The molecule has 134 valence electrons. The number of carbonyl (C=O) groups is 3. The van der Waals surface area contributed by atoms with E-state index in [2.05, 4.69) is 0 Å². The third-order valence-corrected chi connectivity index (χ3v) is 3.74. The second-order valence-electron chi connectivity index (χ2n) is 5.81. The summed E-state index contributed by atoms with van der Waals surface area (Å²) in [6, 6.07) is 9.10. The lowest BCUT2D eigenvalue weighted by Crippen LogP contribution is -2.21. The number of benzene rings is 2. The molecule has 0 unspecified atom stereocenters. The van der Waals surface area contributed by atoms with Gasteiger partial charge in [-0.2, -0.15) is 0 Å². The highest BCUT2D eigenvalue weighted by molar-refractivity contribution is 6.03. The summed E-state index contributed by atoms with van der Waals surface area (Å²) in [7, 11) is 0. The fraction of sp³-hybridized carbons (Fsp3) is 0.211. The van der Waals surface area contributed by atoms with Crippen molar-refractivity contribution >= 4 is 17.7 Å². The van der Waals surface area contributed by atoms with E-state index in [1.807, 2.05) is 0 Å². The number of ketones is 1. The standard InChI is InChI=1S/C19H16O7/c1-10(20)24-14-5-3-12(4-6-14)16-9-15(23)19-17(25-11(2)21)7-13(22)8-18(19)26-16/h3-8,16,22H,9H2,1-2H3/t16-/m1/s1. The van der Waals surface area contributed by atoms with Crippen LogP contribution in [0.15, 0.2) is 36.4 Å². The van der Waals surface area contributed by atoms with E-state index in [4.69, 9.17) is 14.2 Å². The van der Waals surface area contributed by atoms with Crippen LogP contribution in [-0.4, -0.2) is 22.8 Å². The molecule has 0 saturated heterocycles. The average molecular weight is 356 g/mol.